The number of benzene rings is 1. The van der Waals surface area contributed by atoms with Crippen molar-refractivity contribution in [1.82, 2.24) is 4.90 Å². The molecule has 1 N–H and O–H groups in total. The summed E-state index contributed by atoms with van der Waals surface area (Å²) in [6.45, 7) is 5.70. The van der Waals surface area contributed by atoms with Crippen LogP contribution in [0.1, 0.15) is 31.7 Å². The van der Waals surface area contributed by atoms with Crippen LogP contribution in [0.2, 0.25) is 0 Å². The summed E-state index contributed by atoms with van der Waals surface area (Å²) in [5.74, 6) is 1.18. The summed E-state index contributed by atoms with van der Waals surface area (Å²) >= 11 is 3.37. The fourth-order valence-corrected chi connectivity index (χ4v) is 2.96. The molecule has 2 rings (SSSR count). The van der Waals surface area contributed by atoms with Crippen molar-refractivity contribution < 1.29 is 5.11 Å². The third-order valence-corrected chi connectivity index (χ3v) is 4.23. The zero-order valence-corrected chi connectivity index (χ0v) is 11.9. The highest BCUT2D eigenvalue weighted by atomic mass is 79.9. The van der Waals surface area contributed by atoms with Crippen LogP contribution in [0.5, 0.6) is 5.75 Å². The number of phenols is 1. The molecular weight excluding hydrogens is 278 g/mol. The fourth-order valence-electron chi connectivity index (χ4n) is 2.54. The van der Waals surface area contributed by atoms with E-state index in [2.05, 4.69) is 27.8 Å². The van der Waals surface area contributed by atoms with E-state index in [9.17, 15) is 5.11 Å². The fraction of sp³-hybridized carbons (Fsp3) is 0.571. The Labute approximate surface area is 112 Å². The number of nitrogens with zero attached hydrogens (tertiary/aromatic N) is 1. The molecule has 1 atom stereocenters. The highest BCUT2D eigenvalue weighted by Gasteiger charge is 2.18. The molecule has 2 nitrogen and oxygen atoms in total. The molecule has 1 aromatic carbocycles. The number of hydrogen-bond acceptors (Lipinski definition) is 2. The Morgan fingerprint density at radius 2 is 2.29 bits per heavy atom. The first-order valence-electron chi connectivity index (χ1n) is 6.38. The second-order valence-corrected chi connectivity index (χ2v) is 5.79. The average Bonchev–Trinajstić information content (AvgIpc) is 2.34. The van der Waals surface area contributed by atoms with E-state index >= 15 is 0 Å². The monoisotopic (exact) mass is 297 g/mol. The Bertz CT molecular complexity index is 380. The molecule has 1 aliphatic heterocycles. The molecular formula is C14H20BrNO. The summed E-state index contributed by atoms with van der Waals surface area (Å²) in [5, 5.41) is 9.47. The summed E-state index contributed by atoms with van der Waals surface area (Å²) in [4.78, 5) is 2.52. The van der Waals surface area contributed by atoms with E-state index in [0.717, 1.165) is 16.9 Å². The Morgan fingerprint density at radius 1 is 1.47 bits per heavy atom. The predicted molar refractivity (Wildman–Crippen MR) is 74.1 cm³/mol. The SMILES string of the molecule is CCC1CCCN(Cc2ccc(O)c(Br)c2)C1. The first-order chi connectivity index (χ1) is 8.19. The normalized spacial score (nSPS) is 21.6. The van der Waals surface area contributed by atoms with Crippen LogP contribution in [0.15, 0.2) is 22.7 Å². The molecule has 1 aromatic rings. The first-order valence-corrected chi connectivity index (χ1v) is 7.18. The van der Waals surface area contributed by atoms with E-state index in [0.29, 0.717) is 5.75 Å². The van der Waals surface area contributed by atoms with E-state index in [1.165, 1.54) is 37.9 Å². The third kappa shape index (κ3) is 3.46. The van der Waals surface area contributed by atoms with Gasteiger partial charge in [-0.15, -0.1) is 0 Å². The van der Waals surface area contributed by atoms with Crippen LogP contribution < -0.4 is 0 Å². The highest BCUT2D eigenvalue weighted by Crippen LogP contribution is 2.26. The topological polar surface area (TPSA) is 23.5 Å². The van der Waals surface area contributed by atoms with Crippen LogP contribution in [0.4, 0.5) is 0 Å². The van der Waals surface area contributed by atoms with Crippen LogP contribution in [0.25, 0.3) is 0 Å². The Hall–Kier alpha value is -0.540. The Morgan fingerprint density at radius 3 is 3.00 bits per heavy atom. The van der Waals surface area contributed by atoms with Crippen molar-refractivity contribution >= 4 is 15.9 Å². The summed E-state index contributed by atoms with van der Waals surface area (Å²) in [7, 11) is 0. The number of aromatic hydroxyl groups is 1. The van der Waals surface area contributed by atoms with Crippen LogP contribution in [0, 0.1) is 5.92 Å². The van der Waals surface area contributed by atoms with Gasteiger partial charge < -0.3 is 5.11 Å². The van der Waals surface area contributed by atoms with Crippen molar-refractivity contribution in [3.05, 3.63) is 28.2 Å². The van der Waals surface area contributed by atoms with E-state index in [4.69, 9.17) is 0 Å². The van der Waals surface area contributed by atoms with Gasteiger partial charge in [0.25, 0.3) is 0 Å². The maximum Gasteiger partial charge on any atom is 0.129 e. The van der Waals surface area contributed by atoms with Crippen LogP contribution in [-0.2, 0) is 6.54 Å². The molecule has 17 heavy (non-hydrogen) atoms. The molecule has 94 valence electrons. The van der Waals surface area contributed by atoms with Gasteiger partial charge in [-0.2, -0.15) is 0 Å². The van der Waals surface area contributed by atoms with Gasteiger partial charge in [0.05, 0.1) is 4.47 Å². The molecule has 1 fully saturated rings. The minimum absolute atomic E-state index is 0.318. The lowest BCUT2D eigenvalue weighted by Gasteiger charge is -2.32. The zero-order valence-electron chi connectivity index (χ0n) is 10.3. The van der Waals surface area contributed by atoms with Crippen molar-refractivity contribution in [2.75, 3.05) is 13.1 Å². The number of halogens is 1. The van der Waals surface area contributed by atoms with Gasteiger partial charge >= 0.3 is 0 Å². The van der Waals surface area contributed by atoms with Gasteiger partial charge in [-0.1, -0.05) is 19.4 Å². The molecule has 3 heteroatoms. The molecule has 0 radical (unpaired) electrons. The van der Waals surface area contributed by atoms with Gasteiger partial charge in [0.2, 0.25) is 0 Å². The second-order valence-electron chi connectivity index (χ2n) is 4.94. The van der Waals surface area contributed by atoms with E-state index in [1.807, 2.05) is 12.1 Å². The summed E-state index contributed by atoms with van der Waals surface area (Å²) in [5.41, 5.74) is 1.27. The largest absolute Gasteiger partial charge is 0.507 e. The number of phenolic OH excluding ortho intramolecular Hbond substituents is 1. The first kappa shape index (κ1) is 12.9. The number of rotatable bonds is 3. The maximum absolute atomic E-state index is 9.47. The van der Waals surface area contributed by atoms with Gasteiger partial charge in [0, 0.05) is 13.1 Å². The lowest BCUT2D eigenvalue weighted by atomic mass is 9.95. The summed E-state index contributed by atoms with van der Waals surface area (Å²) < 4.78 is 0.791. The lowest BCUT2D eigenvalue weighted by Crippen LogP contribution is -2.34. The lowest BCUT2D eigenvalue weighted by molar-refractivity contribution is 0.164. The van der Waals surface area contributed by atoms with Crippen molar-refractivity contribution in [3.63, 3.8) is 0 Å². The standard InChI is InChI=1S/C14H20BrNO/c1-2-11-4-3-7-16(9-11)10-12-5-6-14(17)13(15)8-12/h5-6,8,11,17H,2-4,7,9-10H2,1H3. The highest BCUT2D eigenvalue weighted by molar-refractivity contribution is 9.10. The smallest absolute Gasteiger partial charge is 0.129 e. The van der Waals surface area contributed by atoms with E-state index < -0.39 is 0 Å². The van der Waals surface area contributed by atoms with Crippen LogP contribution in [0.3, 0.4) is 0 Å². The number of hydrogen-bond donors (Lipinski definition) is 1. The predicted octanol–water partition coefficient (Wildman–Crippen LogP) is 3.78. The van der Waals surface area contributed by atoms with Crippen molar-refractivity contribution in [1.29, 1.82) is 0 Å². The van der Waals surface area contributed by atoms with Gasteiger partial charge in [-0.3, -0.25) is 4.90 Å². The quantitative estimate of drug-likeness (QED) is 0.918. The molecule has 0 aliphatic carbocycles. The molecule has 0 bridgehead atoms. The minimum Gasteiger partial charge on any atom is -0.507 e. The number of piperidine rings is 1. The summed E-state index contributed by atoms with van der Waals surface area (Å²) in [6, 6.07) is 5.79. The average molecular weight is 298 g/mol. The zero-order chi connectivity index (χ0) is 12.3. The second kappa shape index (κ2) is 5.87. The maximum atomic E-state index is 9.47. The molecule has 1 saturated heterocycles. The number of likely N-dealkylation sites (tertiary alicyclic amines) is 1. The minimum atomic E-state index is 0.318. The molecule has 0 amide bonds. The van der Waals surface area contributed by atoms with Crippen molar-refractivity contribution in [2.24, 2.45) is 5.92 Å². The molecule has 0 spiro atoms. The Kier molecular flexibility index (Phi) is 4.46. The van der Waals surface area contributed by atoms with Crippen LogP contribution in [-0.4, -0.2) is 23.1 Å². The molecule has 0 saturated carbocycles. The Balaban J connectivity index is 1.97. The van der Waals surface area contributed by atoms with Gasteiger partial charge in [0.1, 0.15) is 5.75 Å². The van der Waals surface area contributed by atoms with Gasteiger partial charge in [0.15, 0.2) is 0 Å². The van der Waals surface area contributed by atoms with Crippen LogP contribution >= 0.6 is 15.9 Å². The molecule has 1 aliphatic rings. The van der Waals surface area contributed by atoms with Gasteiger partial charge in [-0.25, -0.2) is 0 Å². The summed E-state index contributed by atoms with van der Waals surface area (Å²) in [6.07, 6.45) is 3.99. The van der Waals surface area contributed by atoms with E-state index in [-0.39, 0.29) is 0 Å². The molecule has 1 unspecified atom stereocenters. The van der Waals surface area contributed by atoms with E-state index in [1.54, 1.807) is 6.07 Å². The van der Waals surface area contributed by atoms with Crippen molar-refractivity contribution in [3.8, 4) is 5.75 Å². The van der Waals surface area contributed by atoms with Gasteiger partial charge in [-0.05, 0) is 58.9 Å². The molecule has 0 aromatic heterocycles. The molecule has 1 heterocycles. The third-order valence-electron chi connectivity index (χ3n) is 3.60. The van der Waals surface area contributed by atoms with Crippen molar-refractivity contribution in [2.45, 2.75) is 32.7 Å².